The normalized spacial score (nSPS) is 12.2. The van der Waals surface area contributed by atoms with Gasteiger partial charge >= 0.3 is 0 Å². The van der Waals surface area contributed by atoms with Gasteiger partial charge in [0.25, 0.3) is 0 Å². The van der Waals surface area contributed by atoms with Crippen LogP contribution < -0.4 is 19.5 Å². The molecule has 0 amide bonds. The predicted molar refractivity (Wildman–Crippen MR) is 91.8 cm³/mol. The highest BCUT2D eigenvalue weighted by atomic mass is 16.5. The number of methoxy groups -OCH3 is 2. The molecule has 0 aromatic heterocycles. The van der Waals surface area contributed by atoms with Gasteiger partial charge in [0.1, 0.15) is 17.3 Å². The molecule has 0 saturated carbocycles. The van der Waals surface area contributed by atoms with Crippen molar-refractivity contribution in [3.63, 3.8) is 0 Å². The first-order chi connectivity index (χ1) is 11.6. The third-order valence-corrected chi connectivity index (χ3v) is 3.84. The number of ketones is 1. The number of hydrogen-bond acceptors (Lipinski definition) is 5. The van der Waals surface area contributed by atoms with E-state index in [9.17, 15) is 4.79 Å². The van der Waals surface area contributed by atoms with Crippen molar-refractivity contribution in [2.24, 2.45) is 0 Å². The molecule has 24 heavy (non-hydrogen) atoms. The Hall–Kier alpha value is -2.95. The van der Waals surface area contributed by atoms with E-state index in [1.807, 2.05) is 30.3 Å². The van der Waals surface area contributed by atoms with Crippen molar-refractivity contribution in [1.29, 1.82) is 0 Å². The Morgan fingerprint density at radius 1 is 1.12 bits per heavy atom. The maximum atomic E-state index is 12.4. The van der Waals surface area contributed by atoms with Crippen molar-refractivity contribution < 1.29 is 19.0 Å². The van der Waals surface area contributed by atoms with Crippen LogP contribution in [0.5, 0.6) is 17.2 Å². The van der Waals surface area contributed by atoms with Gasteiger partial charge in [0.15, 0.2) is 11.6 Å². The molecule has 5 nitrogen and oxygen atoms in total. The molecule has 0 bridgehead atoms. The van der Waals surface area contributed by atoms with E-state index in [0.29, 0.717) is 36.0 Å². The van der Waals surface area contributed by atoms with Crippen LogP contribution in [-0.4, -0.2) is 20.0 Å². The summed E-state index contributed by atoms with van der Waals surface area (Å²) in [7, 11) is 3.18. The van der Waals surface area contributed by atoms with E-state index in [4.69, 9.17) is 14.2 Å². The van der Waals surface area contributed by atoms with Crippen LogP contribution in [0.15, 0.2) is 48.9 Å². The lowest BCUT2D eigenvalue weighted by Gasteiger charge is -2.10. The van der Waals surface area contributed by atoms with Gasteiger partial charge in [-0.15, -0.1) is 0 Å². The minimum atomic E-state index is 0.100. The van der Waals surface area contributed by atoms with Crippen LogP contribution in [0.4, 0.5) is 5.69 Å². The second-order valence-corrected chi connectivity index (χ2v) is 5.55. The fourth-order valence-corrected chi connectivity index (χ4v) is 2.67. The molecule has 1 heterocycles. The lowest BCUT2D eigenvalue weighted by atomic mass is 10.0. The smallest absolute Gasteiger partial charge is 0.190 e. The molecule has 0 aliphatic carbocycles. The highest BCUT2D eigenvalue weighted by Gasteiger charge is 2.16. The van der Waals surface area contributed by atoms with Crippen LogP contribution in [0, 0.1) is 0 Å². The number of rotatable bonds is 6. The molecule has 0 atom stereocenters. The topological polar surface area (TPSA) is 56.8 Å². The highest BCUT2D eigenvalue weighted by molar-refractivity contribution is 5.84. The van der Waals surface area contributed by atoms with Crippen LogP contribution >= 0.6 is 0 Å². The molecule has 124 valence electrons. The van der Waals surface area contributed by atoms with Gasteiger partial charge in [0, 0.05) is 24.5 Å². The van der Waals surface area contributed by atoms with Crippen LogP contribution in [0.1, 0.15) is 11.1 Å². The van der Waals surface area contributed by atoms with Gasteiger partial charge in [-0.1, -0.05) is 12.1 Å². The zero-order chi connectivity index (χ0) is 17.1. The molecule has 3 rings (SSSR count). The number of nitrogens with one attached hydrogen (secondary N) is 1. The lowest BCUT2D eigenvalue weighted by molar-refractivity contribution is -0.117. The van der Waals surface area contributed by atoms with Gasteiger partial charge in [0.05, 0.1) is 19.9 Å². The SMILES string of the molecule is C=C1Nc2ccc(CC(=O)Cc3ccc(OC)cc3OC)cc2O1. The Labute approximate surface area is 140 Å². The maximum Gasteiger partial charge on any atom is 0.190 e. The van der Waals surface area contributed by atoms with Crippen LogP contribution in [0.25, 0.3) is 0 Å². The van der Waals surface area contributed by atoms with E-state index in [2.05, 4.69) is 11.9 Å². The van der Waals surface area contributed by atoms with Gasteiger partial charge in [-0.05, 0) is 30.3 Å². The fourth-order valence-electron chi connectivity index (χ4n) is 2.67. The third-order valence-electron chi connectivity index (χ3n) is 3.84. The molecule has 0 fully saturated rings. The average molecular weight is 325 g/mol. The number of carbonyl (C=O) groups is 1. The monoisotopic (exact) mass is 325 g/mol. The molecule has 1 aliphatic rings. The Bertz CT molecular complexity index is 798. The van der Waals surface area contributed by atoms with E-state index in [1.54, 1.807) is 20.3 Å². The third kappa shape index (κ3) is 3.35. The second-order valence-electron chi connectivity index (χ2n) is 5.55. The summed E-state index contributed by atoms with van der Waals surface area (Å²) in [5.74, 6) is 2.65. The number of anilines is 1. The summed E-state index contributed by atoms with van der Waals surface area (Å²) < 4.78 is 16.0. The predicted octanol–water partition coefficient (Wildman–Crippen LogP) is 3.33. The number of carbonyl (C=O) groups excluding carboxylic acids is 1. The van der Waals surface area contributed by atoms with Crippen LogP contribution in [-0.2, 0) is 17.6 Å². The molecule has 0 unspecified atom stereocenters. The Morgan fingerprint density at radius 2 is 1.96 bits per heavy atom. The Morgan fingerprint density at radius 3 is 2.71 bits per heavy atom. The fraction of sp³-hybridized carbons (Fsp3) is 0.211. The number of ether oxygens (including phenoxy) is 3. The second kappa shape index (κ2) is 6.66. The molecular formula is C19H19NO4. The van der Waals surface area contributed by atoms with E-state index in [-0.39, 0.29) is 5.78 Å². The highest BCUT2D eigenvalue weighted by Crippen LogP contribution is 2.33. The molecule has 1 aliphatic heterocycles. The van der Waals surface area contributed by atoms with Gasteiger partial charge in [0.2, 0.25) is 0 Å². The molecule has 2 aromatic carbocycles. The maximum absolute atomic E-state index is 12.4. The van der Waals surface area contributed by atoms with Gasteiger partial charge < -0.3 is 19.5 Å². The largest absolute Gasteiger partial charge is 0.497 e. The molecule has 0 radical (unpaired) electrons. The van der Waals surface area contributed by atoms with Crippen molar-refractivity contribution >= 4 is 11.5 Å². The van der Waals surface area contributed by atoms with E-state index >= 15 is 0 Å². The number of Topliss-reactive ketones (excluding diaryl/α,β-unsaturated/α-hetero) is 1. The summed E-state index contributed by atoms with van der Waals surface area (Å²) >= 11 is 0. The quantitative estimate of drug-likeness (QED) is 0.883. The average Bonchev–Trinajstić information content (AvgIpc) is 2.94. The first kappa shape index (κ1) is 15.9. The van der Waals surface area contributed by atoms with E-state index in [1.165, 1.54) is 0 Å². The van der Waals surface area contributed by atoms with E-state index in [0.717, 1.165) is 16.8 Å². The molecule has 5 heteroatoms. The number of hydrogen-bond donors (Lipinski definition) is 1. The van der Waals surface area contributed by atoms with E-state index < -0.39 is 0 Å². The minimum absolute atomic E-state index is 0.100. The number of benzene rings is 2. The van der Waals surface area contributed by atoms with Gasteiger partial charge in [-0.2, -0.15) is 0 Å². The van der Waals surface area contributed by atoms with Crippen molar-refractivity contribution in [2.75, 3.05) is 19.5 Å². The van der Waals surface area contributed by atoms with Crippen molar-refractivity contribution in [3.8, 4) is 17.2 Å². The van der Waals surface area contributed by atoms with Crippen LogP contribution in [0.3, 0.4) is 0 Å². The summed E-state index contributed by atoms with van der Waals surface area (Å²) in [5.41, 5.74) is 2.62. The van der Waals surface area contributed by atoms with Crippen molar-refractivity contribution in [1.82, 2.24) is 0 Å². The van der Waals surface area contributed by atoms with Crippen LogP contribution in [0.2, 0.25) is 0 Å². The molecule has 0 saturated heterocycles. The van der Waals surface area contributed by atoms with Gasteiger partial charge in [-0.3, -0.25) is 4.79 Å². The first-order valence-corrected chi connectivity index (χ1v) is 7.58. The zero-order valence-corrected chi connectivity index (χ0v) is 13.7. The van der Waals surface area contributed by atoms with Gasteiger partial charge in [-0.25, -0.2) is 0 Å². The van der Waals surface area contributed by atoms with Crippen molar-refractivity contribution in [2.45, 2.75) is 12.8 Å². The Balaban J connectivity index is 1.70. The standard InChI is InChI=1S/C19H19NO4/c1-12-20-17-7-4-13(9-19(17)24-12)8-15(21)10-14-5-6-16(22-2)11-18(14)23-3/h4-7,9,11,20H,1,8,10H2,2-3H3. The molecule has 0 spiro atoms. The molecule has 1 N–H and O–H groups in total. The molecular weight excluding hydrogens is 306 g/mol. The minimum Gasteiger partial charge on any atom is -0.497 e. The zero-order valence-electron chi connectivity index (χ0n) is 13.7. The summed E-state index contributed by atoms with van der Waals surface area (Å²) in [6.07, 6.45) is 0.633. The lowest BCUT2D eigenvalue weighted by Crippen LogP contribution is -2.08. The Kier molecular flexibility index (Phi) is 4.42. The summed E-state index contributed by atoms with van der Waals surface area (Å²) in [5, 5.41) is 3.01. The summed E-state index contributed by atoms with van der Waals surface area (Å²) in [6, 6.07) is 11.1. The first-order valence-electron chi connectivity index (χ1n) is 7.58. The summed E-state index contributed by atoms with van der Waals surface area (Å²) in [4.78, 5) is 12.4. The number of fused-ring (bicyclic) bond motifs is 1. The van der Waals surface area contributed by atoms with Crippen molar-refractivity contribution in [3.05, 3.63) is 60.0 Å². The molecule has 2 aromatic rings. The summed E-state index contributed by atoms with van der Waals surface area (Å²) in [6.45, 7) is 3.72.